The SMILES string of the molecule is CCNC(=NCc1ccccc1OC(F)F)NCCC(=O)NC1CCS(=O)(=O)C1.I. The van der Waals surface area contributed by atoms with Crippen LogP contribution in [0.25, 0.3) is 0 Å². The number of carbonyl (C=O) groups excluding carboxylic acids is 1. The van der Waals surface area contributed by atoms with E-state index in [9.17, 15) is 22.0 Å². The van der Waals surface area contributed by atoms with E-state index in [1.54, 1.807) is 18.2 Å². The van der Waals surface area contributed by atoms with E-state index in [4.69, 9.17) is 0 Å². The number of nitrogens with zero attached hydrogens (tertiary/aromatic N) is 1. The molecule has 12 heteroatoms. The summed E-state index contributed by atoms with van der Waals surface area (Å²) in [5.41, 5.74) is 0.505. The molecule has 1 aromatic rings. The van der Waals surface area contributed by atoms with Gasteiger partial charge in [0.05, 0.1) is 18.1 Å². The van der Waals surface area contributed by atoms with Crippen LogP contribution in [0.15, 0.2) is 29.3 Å². The fourth-order valence-electron chi connectivity index (χ4n) is 2.85. The van der Waals surface area contributed by atoms with Crippen LogP contribution in [-0.4, -0.2) is 57.5 Å². The van der Waals surface area contributed by atoms with Crippen LogP contribution in [0.5, 0.6) is 5.75 Å². The van der Waals surface area contributed by atoms with Crippen LogP contribution in [0, 0.1) is 0 Å². The number of rotatable bonds is 9. The Bertz CT molecular complexity index is 824. The second-order valence-corrected chi connectivity index (χ2v) is 8.75. The van der Waals surface area contributed by atoms with Crippen molar-refractivity contribution in [3.8, 4) is 5.75 Å². The number of nitrogens with one attached hydrogen (secondary N) is 3. The Morgan fingerprint density at radius 1 is 1.30 bits per heavy atom. The number of hydrogen-bond donors (Lipinski definition) is 3. The Labute approximate surface area is 192 Å². The summed E-state index contributed by atoms with van der Waals surface area (Å²) in [6.45, 7) is -0.0675. The number of para-hydroxylation sites is 1. The van der Waals surface area contributed by atoms with Gasteiger partial charge in [0.15, 0.2) is 15.8 Å². The molecule has 1 fully saturated rings. The number of halogens is 3. The third kappa shape index (κ3) is 9.41. The largest absolute Gasteiger partial charge is 0.434 e. The number of ether oxygens (including phenoxy) is 1. The van der Waals surface area contributed by atoms with E-state index in [1.165, 1.54) is 6.07 Å². The van der Waals surface area contributed by atoms with Crippen molar-refractivity contribution in [1.29, 1.82) is 0 Å². The Balaban J connectivity index is 0.00000450. The zero-order valence-electron chi connectivity index (χ0n) is 16.6. The van der Waals surface area contributed by atoms with Gasteiger partial charge < -0.3 is 20.7 Å². The summed E-state index contributed by atoms with van der Waals surface area (Å²) in [4.78, 5) is 16.3. The lowest BCUT2D eigenvalue weighted by molar-refractivity contribution is -0.121. The maximum atomic E-state index is 12.5. The first-order chi connectivity index (χ1) is 13.8. The van der Waals surface area contributed by atoms with Gasteiger partial charge in [-0.1, -0.05) is 18.2 Å². The molecular formula is C18H27F2IN4O4S. The second-order valence-electron chi connectivity index (χ2n) is 6.53. The molecule has 0 saturated carbocycles. The summed E-state index contributed by atoms with van der Waals surface area (Å²) in [5.74, 6) is 0.329. The van der Waals surface area contributed by atoms with Crippen molar-refractivity contribution >= 4 is 45.7 Å². The molecule has 3 N–H and O–H groups in total. The average Bonchev–Trinajstić information content (AvgIpc) is 2.98. The van der Waals surface area contributed by atoms with E-state index >= 15 is 0 Å². The number of benzene rings is 1. The standard InChI is InChI=1S/C18H26F2N4O4S.HI/c1-2-21-18(23-11-13-5-3-4-6-15(13)28-17(19)20)22-9-7-16(25)24-14-8-10-29(26,27)12-14;/h3-6,14,17H,2,7-12H2,1H3,(H,24,25)(H2,21,22,23);1H. The van der Waals surface area contributed by atoms with Gasteiger partial charge in [0.25, 0.3) is 0 Å². The first kappa shape index (κ1) is 26.3. The minimum atomic E-state index is -3.04. The van der Waals surface area contributed by atoms with Gasteiger partial charge in [-0.25, -0.2) is 13.4 Å². The van der Waals surface area contributed by atoms with Crippen LogP contribution in [0.4, 0.5) is 8.78 Å². The lowest BCUT2D eigenvalue weighted by Crippen LogP contribution is -2.41. The number of amides is 1. The number of guanidine groups is 1. The Hall–Kier alpha value is -1.70. The van der Waals surface area contributed by atoms with E-state index in [1.807, 2.05) is 6.92 Å². The molecule has 0 radical (unpaired) electrons. The van der Waals surface area contributed by atoms with Crippen LogP contribution < -0.4 is 20.7 Å². The molecule has 0 bridgehead atoms. The number of aliphatic imine (C=N–C) groups is 1. The highest BCUT2D eigenvalue weighted by molar-refractivity contribution is 14.0. The molecule has 2 rings (SSSR count). The molecule has 1 amide bonds. The molecule has 170 valence electrons. The maximum Gasteiger partial charge on any atom is 0.387 e. The number of sulfone groups is 1. The molecule has 0 aliphatic carbocycles. The van der Waals surface area contributed by atoms with Gasteiger partial charge in [0, 0.05) is 31.1 Å². The summed E-state index contributed by atoms with van der Waals surface area (Å²) in [7, 11) is -3.04. The van der Waals surface area contributed by atoms with Crippen LogP contribution in [0.2, 0.25) is 0 Å². The van der Waals surface area contributed by atoms with Crippen molar-refractivity contribution in [2.45, 2.75) is 39.0 Å². The van der Waals surface area contributed by atoms with Gasteiger partial charge in [0.2, 0.25) is 5.91 Å². The van der Waals surface area contributed by atoms with E-state index in [-0.39, 0.29) is 72.7 Å². The first-order valence-electron chi connectivity index (χ1n) is 9.33. The molecule has 1 aromatic carbocycles. The fourth-order valence-corrected chi connectivity index (χ4v) is 4.53. The first-order valence-corrected chi connectivity index (χ1v) is 11.2. The quantitative estimate of drug-likeness (QED) is 0.241. The van der Waals surface area contributed by atoms with Gasteiger partial charge in [-0.2, -0.15) is 8.78 Å². The molecule has 1 heterocycles. The summed E-state index contributed by atoms with van der Waals surface area (Å²) in [6, 6.07) is 6.07. The second kappa shape index (κ2) is 12.9. The van der Waals surface area contributed by atoms with E-state index < -0.39 is 16.4 Å². The maximum absolute atomic E-state index is 12.5. The summed E-state index contributed by atoms with van der Waals surface area (Å²) in [5, 5.41) is 8.72. The molecular weight excluding hydrogens is 533 g/mol. The van der Waals surface area contributed by atoms with Crippen LogP contribution in [-0.2, 0) is 21.2 Å². The molecule has 1 unspecified atom stereocenters. The highest BCUT2D eigenvalue weighted by atomic mass is 127. The summed E-state index contributed by atoms with van der Waals surface area (Å²) >= 11 is 0. The smallest absolute Gasteiger partial charge is 0.387 e. The Morgan fingerprint density at radius 2 is 2.03 bits per heavy atom. The summed E-state index contributed by atoms with van der Waals surface area (Å²) in [6.07, 6.45) is 0.581. The van der Waals surface area contributed by atoms with Gasteiger partial charge >= 0.3 is 6.61 Å². The van der Waals surface area contributed by atoms with Crippen molar-refractivity contribution in [2.75, 3.05) is 24.6 Å². The molecule has 1 atom stereocenters. The van der Waals surface area contributed by atoms with E-state index in [0.717, 1.165) is 0 Å². The minimum Gasteiger partial charge on any atom is -0.434 e. The lowest BCUT2D eigenvalue weighted by atomic mass is 10.2. The third-order valence-corrected chi connectivity index (χ3v) is 5.95. The van der Waals surface area contributed by atoms with Crippen LogP contribution in [0.1, 0.15) is 25.3 Å². The van der Waals surface area contributed by atoms with Crippen molar-refractivity contribution < 1.29 is 26.7 Å². The van der Waals surface area contributed by atoms with Gasteiger partial charge in [-0.15, -0.1) is 24.0 Å². The third-order valence-electron chi connectivity index (χ3n) is 4.18. The van der Waals surface area contributed by atoms with Crippen molar-refractivity contribution in [3.63, 3.8) is 0 Å². The topological polar surface area (TPSA) is 109 Å². The molecule has 1 saturated heterocycles. The monoisotopic (exact) mass is 560 g/mol. The zero-order valence-corrected chi connectivity index (χ0v) is 19.7. The number of carbonyl (C=O) groups is 1. The minimum absolute atomic E-state index is 0. The molecule has 1 aliphatic heterocycles. The van der Waals surface area contributed by atoms with Crippen LogP contribution >= 0.6 is 24.0 Å². The number of alkyl halides is 2. The molecule has 0 spiro atoms. The van der Waals surface area contributed by atoms with Crippen molar-refractivity contribution in [1.82, 2.24) is 16.0 Å². The van der Waals surface area contributed by atoms with Crippen LogP contribution in [0.3, 0.4) is 0 Å². The van der Waals surface area contributed by atoms with Crippen molar-refractivity contribution in [3.05, 3.63) is 29.8 Å². The molecule has 0 aromatic heterocycles. The van der Waals surface area contributed by atoms with Gasteiger partial charge in [0.1, 0.15) is 5.75 Å². The van der Waals surface area contributed by atoms with Gasteiger partial charge in [-0.05, 0) is 19.4 Å². The van der Waals surface area contributed by atoms with E-state index in [0.29, 0.717) is 24.5 Å². The average molecular weight is 560 g/mol. The van der Waals surface area contributed by atoms with Crippen molar-refractivity contribution in [2.24, 2.45) is 4.99 Å². The number of hydrogen-bond acceptors (Lipinski definition) is 5. The lowest BCUT2D eigenvalue weighted by Gasteiger charge is -2.14. The Morgan fingerprint density at radius 3 is 2.67 bits per heavy atom. The predicted octanol–water partition coefficient (Wildman–Crippen LogP) is 1.65. The molecule has 8 nitrogen and oxygen atoms in total. The summed E-state index contributed by atoms with van der Waals surface area (Å²) < 4.78 is 52.3. The normalized spacial score (nSPS) is 17.9. The predicted molar refractivity (Wildman–Crippen MR) is 121 cm³/mol. The van der Waals surface area contributed by atoms with E-state index in [2.05, 4.69) is 25.7 Å². The highest BCUT2D eigenvalue weighted by Crippen LogP contribution is 2.20. The van der Waals surface area contributed by atoms with Gasteiger partial charge in [-0.3, -0.25) is 4.79 Å². The highest BCUT2D eigenvalue weighted by Gasteiger charge is 2.28. The molecule has 30 heavy (non-hydrogen) atoms. The fraction of sp³-hybridized carbons (Fsp3) is 0.556. The zero-order chi connectivity index (χ0) is 21.3. The molecule has 1 aliphatic rings. The Kier molecular flexibility index (Phi) is 11.3.